The number of hydrogen-bond acceptors (Lipinski definition) is 5. The summed E-state index contributed by atoms with van der Waals surface area (Å²) in [6.07, 6.45) is 8.21. The molecule has 0 aromatic heterocycles. The Labute approximate surface area is 177 Å². The molecule has 0 amide bonds. The number of rotatable bonds is 0. The van der Waals surface area contributed by atoms with Crippen LogP contribution >= 0.6 is 0 Å². The molecule has 3 aliphatic carbocycles. The van der Waals surface area contributed by atoms with E-state index in [2.05, 4.69) is 6.92 Å². The van der Waals surface area contributed by atoms with Crippen molar-refractivity contribution < 1.29 is 23.7 Å². The zero-order chi connectivity index (χ0) is 18.8. The SMILES string of the molecule is CC12CC(=O)C3=C4CCC5(C[C]46CC[C]3([Po]6)[C@@H]1CCC21OCCO1)OCCO5. The molecular formula is C22H28O5Po. The van der Waals surface area contributed by atoms with E-state index in [0.717, 1.165) is 45.3 Å². The van der Waals surface area contributed by atoms with E-state index in [-0.39, 0.29) is 14.3 Å². The van der Waals surface area contributed by atoms with Gasteiger partial charge in [0.25, 0.3) is 0 Å². The van der Waals surface area contributed by atoms with Crippen molar-refractivity contribution >= 4 is 29.3 Å². The van der Waals surface area contributed by atoms with Gasteiger partial charge in [0.05, 0.1) is 0 Å². The maximum absolute atomic E-state index is 13.7. The number of carbonyl (C=O) groups is 1. The first kappa shape index (κ1) is 17.8. The molecule has 3 saturated carbocycles. The summed E-state index contributed by atoms with van der Waals surface area (Å²) in [5.41, 5.74) is 2.73. The van der Waals surface area contributed by atoms with E-state index >= 15 is 0 Å². The molecule has 3 unspecified atom stereocenters. The van der Waals surface area contributed by atoms with Crippen LogP contribution in [-0.4, -0.2) is 67.4 Å². The Morgan fingerprint density at radius 1 is 0.964 bits per heavy atom. The van der Waals surface area contributed by atoms with Gasteiger partial charge in [0.15, 0.2) is 0 Å². The molecule has 0 aromatic carbocycles. The molecule has 6 fully saturated rings. The van der Waals surface area contributed by atoms with E-state index in [1.165, 1.54) is 18.4 Å². The van der Waals surface area contributed by atoms with Crippen molar-refractivity contribution in [2.24, 2.45) is 11.3 Å². The van der Waals surface area contributed by atoms with Gasteiger partial charge in [-0.2, -0.15) is 0 Å². The molecule has 4 spiro atoms. The predicted octanol–water partition coefficient (Wildman–Crippen LogP) is 3.17. The molecule has 7 rings (SSSR count). The van der Waals surface area contributed by atoms with Gasteiger partial charge >= 0.3 is 178 Å². The van der Waals surface area contributed by atoms with E-state index < -0.39 is 29.4 Å². The fourth-order valence-electron chi connectivity index (χ4n) is 8.26. The standard InChI is InChI=1S/C22H28O5.Po/c1-20-13-18(23)19-15-4-6-21(24-8-9-25-21)12-14(15)2-3-16(19)17(20)5-7-22(20)26-10-11-27-22;/h17H,2-13H2,1H3;/t17-,20?;/m0./s1. The number of fused-ring (bicyclic) bond motifs is 2. The molecule has 4 heterocycles. The Morgan fingerprint density at radius 2 is 1.71 bits per heavy atom. The maximum atomic E-state index is 13.7. The fourth-order valence-corrected chi connectivity index (χ4v) is 18.3. The third-order valence-electron chi connectivity index (χ3n) is 9.20. The van der Waals surface area contributed by atoms with Gasteiger partial charge in [-0.25, -0.2) is 0 Å². The van der Waals surface area contributed by atoms with Crippen molar-refractivity contribution in [3.63, 3.8) is 0 Å². The number of allylic oxidation sites excluding steroid dienone is 2. The van der Waals surface area contributed by atoms with Crippen molar-refractivity contribution in [3.8, 4) is 0 Å². The minimum atomic E-state index is -0.841. The normalized spacial score (nSPS) is 49.9. The van der Waals surface area contributed by atoms with Gasteiger partial charge in [0, 0.05) is 0 Å². The molecule has 4 atom stereocenters. The number of Topliss-reactive ketones (excluding diaryl/α,β-unsaturated/α-hetero) is 1. The molecule has 7 aliphatic rings. The Morgan fingerprint density at radius 3 is 2.50 bits per heavy atom. The van der Waals surface area contributed by atoms with Gasteiger partial charge in [-0.05, 0) is 0 Å². The zero-order valence-electron chi connectivity index (χ0n) is 16.5. The molecule has 0 radical (unpaired) electrons. The van der Waals surface area contributed by atoms with Crippen LogP contribution in [-0.2, 0) is 23.7 Å². The van der Waals surface area contributed by atoms with Crippen molar-refractivity contribution in [2.75, 3.05) is 26.4 Å². The first-order chi connectivity index (χ1) is 13.5. The van der Waals surface area contributed by atoms with Gasteiger partial charge in [-0.15, -0.1) is 0 Å². The summed E-state index contributed by atoms with van der Waals surface area (Å²) in [6.45, 7) is 5.14. The molecule has 4 aliphatic heterocycles. The third-order valence-corrected chi connectivity index (χ3v) is 17.1. The van der Waals surface area contributed by atoms with Gasteiger partial charge in [-0.3, -0.25) is 0 Å². The topological polar surface area (TPSA) is 54.0 Å². The van der Waals surface area contributed by atoms with Crippen molar-refractivity contribution in [1.82, 2.24) is 0 Å². The van der Waals surface area contributed by atoms with Crippen LogP contribution < -0.4 is 0 Å². The second-order valence-corrected chi connectivity index (χ2v) is 16.8. The molecule has 6 heteroatoms. The van der Waals surface area contributed by atoms with Crippen LogP contribution in [0.2, 0.25) is 6.15 Å². The Kier molecular flexibility index (Phi) is 3.37. The van der Waals surface area contributed by atoms with Crippen LogP contribution in [0.5, 0.6) is 0 Å². The van der Waals surface area contributed by atoms with Crippen molar-refractivity contribution in [1.29, 1.82) is 0 Å². The van der Waals surface area contributed by atoms with Crippen LogP contribution in [0.25, 0.3) is 0 Å². The Bertz CT molecular complexity index is 810. The second kappa shape index (κ2) is 5.30. The predicted molar refractivity (Wildman–Crippen MR) is 101 cm³/mol. The molecule has 152 valence electrons. The van der Waals surface area contributed by atoms with E-state index in [1.54, 1.807) is 5.57 Å². The second-order valence-electron chi connectivity index (χ2n) is 10.2. The molecule has 2 bridgehead atoms. The monoisotopic (exact) mass is 581 g/mol. The molecule has 28 heavy (non-hydrogen) atoms. The number of ketones is 1. The summed E-state index contributed by atoms with van der Waals surface area (Å²) < 4.78 is 25.3. The van der Waals surface area contributed by atoms with Crippen LogP contribution in [0.1, 0.15) is 58.3 Å². The van der Waals surface area contributed by atoms with Crippen LogP contribution in [0, 0.1) is 11.3 Å². The number of carbonyl (C=O) groups excluding carboxylic acids is 1. The zero-order valence-corrected chi connectivity index (χ0v) is 19.7. The minimum absolute atomic E-state index is 0.151. The first-order valence-electron chi connectivity index (χ1n) is 11.0. The number of hydrogen-bond donors (Lipinski definition) is 0. The van der Waals surface area contributed by atoms with Gasteiger partial charge in [0.2, 0.25) is 0 Å². The quantitative estimate of drug-likeness (QED) is 0.440. The Hall–Kier alpha value is 0.146. The van der Waals surface area contributed by atoms with Gasteiger partial charge in [0.1, 0.15) is 0 Å². The summed E-state index contributed by atoms with van der Waals surface area (Å²) in [7, 11) is 0. The summed E-state index contributed by atoms with van der Waals surface area (Å²) in [5.74, 6) is 0.151. The van der Waals surface area contributed by atoms with Crippen molar-refractivity contribution in [3.05, 3.63) is 11.1 Å². The molecular weight excluding hydrogens is 553 g/mol. The molecule has 5 nitrogen and oxygen atoms in total. The van der Waals surface area contributed by atoms with Crippen LogP contribution in [0.4, 0.5) is 0 Å². The summed E-state index contributed by atoms with van der Waals surface area (Å²) in [6, 6.07) is 0. The molecule has 3 saturated heterocycles. The average molecular weight is 581 g/mol. The van der Waals surface area contributed by atoms with E-state index in [4.69, 9.17) is 18.9 Å². The van der Waals surface area contributed by atoms with Crippen molar-refractivity contribution in [2.45, 2.75) is 76.0 Å². The summed E-state index contributed by atoms with van der Waals surface area (Å²) in [5, 5.41) is 0. The van der Waals surface area contributed by atoms with E-state index in [0.29, 0.717) is 34.4 Å². The third kappa shape index (κ3) is 1.83. The molecule has 0 aromatic rings. The van der Waals surface area contributed by atoms with Gasteiger partial charge < -0.3 is 0 Å². The number of ether oxygens (including phenoxy) is 4. The van der Waals surface area contributed by atoms with E-state index in [9.17, 15) is 4.79 Å². The van der Waals surface area contributed by atoms with Crippen LogP contribution in [0.15, 0.2) is 11.1 Å². The average Bonchev–Trinajstić information content (AvgIpc) is 3.44. The fraction of sp³-hybridized carbons (Fsp3) is 0.864. The van der Waals surface area contributed by atoms with Crippen LogP contribution in [0.3, 0.4) is 0 Å². The molecule has 0 N–H and O–H groups in total. The summed E-state index contributed by atoms with van der Waals surface area (Å²) in [4.78, 5) is 13.7. The summed E-state index contributed by atoms with van der Waals surface area (Å²) >= 11 is -0.841. The van der Waals surface area contributed by atoms with E-state index in [1.807, 2.05) is 0 Å². The van der Waals surface area contributed by atoms with Gasteiger partial charge in [-0.1, -0.05) is 0 Å². The Balaban J connectivity index is 1.35. The first-order valence-corrected chi connectivity index (χ1v) is 14.2.